The van der Waals surface area contributed by atoms with Gasteiger partial charge in [-0.1, -0.05) is 29.8 Å². The van der Waals surface area contributed by atoms with Crippen molar-refractivity contribution >= 4 is 35.0 Å². The lowest BCUT2D eigenvalue weighted by molar-refractivity contribution is 0.102. The number of aryl methyl sites for hydroxylation is 1. The molecule has 0 radical (unpaired) electrons. The van der Waals surface area contributed by atoms with Gasteiger partial charge in [0.05, 0.1) is 5.69 Å². The highest BCUT2D eigenvalue weighted by molar-refractivity contribution is 7.98. The molecule has 4 rings (SSSR count). The number of hydrogen-bond donors (Lipinski definition) is 1. The molecule has 0 atom stereocenters. The number of nitrogens with one attached hydrogen (secondary N) is 1. The fraction of sp³-hybridized carbons (Fsp3) is 0.0833. The third-order valence-corrected chi connectivity index (χ3v) is 5.78. The fourth-order valence-electron chi connectivity index (χ4n) is 2.85. The number of halogens is 1. The zero-order valence-corrected chi connectivity index (χ0v) is 17.8. The van der Waals surface area contributed by atoms with Crippen molar-refractivity contribution in [1.82, 2.24) is 4.98 Å². The molecule has 0 spiro atoms. The van der Waals surface area contributed by atoms with Crippen LogP contribution in [0, 0.1) is 6.92 Å². The molecule has 0 saturated carbocycles. The van der Waals surface area contributed by atoms with E-state index in [1.54, 1.807) is 48.2 Å². The second kappa shape index (κ2) is 9.20. The van der Waals surface area contributed by atoms with Crippen LogP contribution in [0.1, 0.15) is 21.8 Å². The number of oxazole rings is 1. The van der Waals surface area contributed by atoms with Crippen molar-refractivity contribution in [1.29, 1.82) is 0 Å². The molecule has 4 nitrogen and oxygen atoms in total. The third kappa shape index (κ3) is 4.93. The largest absolute Gasteiger partial charge is 0.441 e. The number of carbonyl (C=O) groups is 1. The van der Waals surface area contributed by atoms with E-state index in [4.69, 9.17) is 16.0 Å². The first-order chi connectivity index (χ1) is 14.6. The number of rotatable bonds is 6. The average molecular weight is 435 g/mol. The monoisotopic (exact) mass is 434 g/mol. The van der Waals surface area contributed by atoms with Crippen LogP contribution in [0.25, 0.3) is 11.5 Å². The number of thioether (sulfide) groups is 1. The van der Waals surface area contributed by atoms with Gasteiger partial charge >= 0.3 is 0 Å². The molecule has 0 bridgehead atoms. The van der Waals surface area contributed by atoms with E-state index in [-0.39, 0.29) is 5.91 Å². The Labute approximate surface area is 184 Å². The molecule has 150 valence electrons. The topological polar surface area (TPSA) is 55.1 Å². The molecule has 0 unspecified atom stereocenters. The summed E-state index contributed by atoms with van der Waals surface area (Å²) in [6.07, 6.45) is 0. The summed E-state index contributed by atoms with van der Waals surface area (Å²) >= 11 is 7.60. The van der Waals surface area contributed by atoms with E-state index in [1.807, 2.05) is 37.3 Å². The summed E-state index contributed by atoms with van der Waals surface area (Å²) in [5.41, 5.74) is 3.00. The molecule has 4 aromatic rings. The molecule has 0 aliphatic carbocycles. The van der Waals surface area contributed by atoms with Crippen LogP contribution < -0.4 is 5.32 Å². The average Bonchev–Trinajstić information content (AvgIpc) is 3.15. The molecule has 1 N–H and O–H groups in total. The fourth-order valence-corrected chi connectivity index (χ4v) is 3.90. The minimum absolute atomic E-state index is 0.188. The van der Waals surface area contributed by atoms with Crippen LogP contribution in [-0.2, 0) is 5.75 Å². The Morgan fingerprint density at radius 1 is 1.00 bits per heavy atom. The first-order valence-electron chi connectivity index (χ1n) is 9.40. The quantitative estimate of drug-likeness (QED) is 0.337. The summed E-state index contributed by atoms with van der Waals surface area (Å²) in [6, 6.07) is 24.4. The van der Waals surface area contributed by atoms with Gasteiger partial charge in [-0.25, -0.2) is 4.98 Å². The maximum absolute atomic E-state index is 12.4. The second-order valence-corrected chi connectivity index (χ2v) is 8.15. The van der Waals surface area contributed by atoms with E-state index < -0.39 is 0 Å². The van der Waals surface area contributed by atoms with E-state index in [2.05, 4.69) is 22.4 Å². The zero-order valence-electron chi connectivity index (χ0n) is 16.3. The van der Waals surface area contributed by atoms with Gasteiger partial charge in [-0.2, -0.15) is 0 Å². The number of hydrogen-bond acceptors (Lipinski definition) is 4. The van der Waals surface area contributed by atoms with E-state index in [1.165, 1.54) is 4.90 Å². The molecule has 0 fully saturated rings. The van der Waals surface area contributed by atoms with E-state index in [9.17, 15) is 4.79 Å². The molecular formula is C24H19ClN2O2S. The summed E-state index contributed by atoms with van der Waals surface area (Å²) in [5, 5.41) is 3.48. The van der Waals surface area contributed by atoms with E-state index >= 15 is 0 Å². The Morgan fingerprint density at radius 3 is 2.40 bits per heavy atom. The molecule has 1 heterocycles. The normalized spacial score (nSPS) is 10.7. The summed E-state index contributed by atoms with van der Waals surface area (Å²) in [5.74, 6) is 1.91. The Balaban J connectivity index is 1.43. The van der Waals surface area contributed by atoms with Gasteiger partial charge in [-0.05, 0) is 67.6 Å². The van der Waals surface area contributed by atoms with Crippen LogP contribution in [0.2, 0.25) is 5.02 Å². The van der Waals surface area contributed by atoms with Crippen LogP contribution in [0.4, 0.5) is 5.69 Å². The predicted molar refractivity (Wildman–Crippen MR) is 122 cm³/mol. The minimum atomic E-state index is -0.188. The van der Waals surface area contributed by atoms with E-state index in [0.29, 0.717) is 22.2 Å². The van der Waals surface area contributed by atoms with Gasteiger partial charge in [0.15, 0.2) is 0 Å². The van der Waals surface area contributed by atoms with Crippen LogP contribution >= 0.6 is 23.4 Å². The molecule has 0 saturated heterocycles. The second-order valence-electron chi connectivity index (χ2n) is 6.66. The summed E-state index contributed by atoms with van der Waals surface area (Å²) in [4.78, 5) is 18.3. The number of anilines is 1. The minimum Gasteiger partial charge on any atom is -0.441 e. The predicted octanol–water partition coefficient (Wildman–Crippen LogP) is 6.85. The lowest BCUT2D eigenvalue weighted by Crippen LogP contribution is -2.11. The van der Waals surface area contributed by atoms with Crippen LogP contribution in [0.3, 0.4) is 0 Å². The van der Waals surface area contributed by atoms with Crippen molar-refractivity contribution < 1.29 is 9.21 Å². The molecule has 30 heavy (non-hydrogen) atoms. The third-order valence-electron chi connectivity index (χ3n) is 4.51. The van der Waals surface area contributed by atoms with Gasteiger partial charge in [-0.15, -0.1) is 11.8 Å². The van der Waals surface area contributed by atoms with Gasteiger partial charge in [0, 0.05) is 32.5 Å². The molecule has 6 heteroatoms. The lowest BCUT2D eigenvalue weighted by Gasteiger charge is -2.05. The Bertz CT molecular complexity index is 1140. The number of aromatic nitrogens is 1. The first-order valence-corrected chi connectivity index (χ1v) is 10.8. The molecule has 0 aliphatic heterocycles. The SMILES string of the molecule is Cc1oc(-c2ccc(C(=O)Nc3ccc(Cl)cc3)cc2)nc1CSc1ccccc1. The maximum atomic E-state index is 12.4. The Kier molecular flexibility index (Phi) is 6.21. The van der Waals surface area contributed by atoms with Crippen molar-refractivity contribution in [3.63, 3.8) is 0 Å². The summed E-state index contributed by atoms with van der Waals surface area (Å²) < 4.78 is 5.86. The van der Waals surface area contributed by atoms with E-state index in [0.717, 1.165) is 22.8 Å². The Hall–Kier alpha value is -3.02. The van der Waals surface area contributed by atoms with Gasteiger partial charge < -0.3 is 9.73 Å². The van der Waals surface area contributed by atoms with Gasteiger partial charge in [0.25, 0.3) is 5.91 Å². The van der Waals surface area contributed by atoms with Crippen LogP contribution in [0.5, 0.6) is 0 Å². The van der Waals surface area contributed by atoms with Crippen molar-refractivity contribution in [2.24, 2.45) is 0 Å². The van der Waals surface area contributed by atoms with Gasteiger partial charge in [-0.3, -0.25) is 4.79 Å². The number of amides is 1. The van der Waals surface area contributed by atoms with Gasteiger partial charge in [0.1, 0.15) is 5.76 Å². The van der Waals surface area contributed by atoms with Crippen molar-refractivity contribution in [2.75, 3.05) is 5.32 Å². The number of benzene rings is 3. The Morgan fingerprint density at radius 2 is 1.70 bits per heavy atom. The summed E-state index contributed by atoms with van der Waals surface area (Å²) in [7, 11) is 0. The van der Waals surface area contributed by atoms with Crippen molar-refractivity contribution in [3.8, 4) is 11.5 Å². The van der Waals surface area contributed by atoms with Crippen molar-refractivity contribution in [2.45, 2.75) is 17.6 Å². The smallest absolute Gasteiger partial charge is 0.255 e. The standard InChI is InChI=1S/C24H19ClN2O2S/c1-16-22(15-30-21-5-3-2-4-6-21)27-24(29-16)18-9-7-17(8-10-18)23(28)26-20-13-11-19(25)12-14-20/h2-14H,15H2,1H3,(H,26,28). The molecular weight excluding hydrogens is 416 g/mol. The zero-order chi connectivity index (χ0) is 20.9. The van der Waals surface area contributed by atoms with Crippen LogP contribution in [-0.4, -0.2) is 10.9 Å². The van der Waals surface area contributed by atoms with Crippen molar-refractivity contribution in [3.05, 3.63) is 101 Å². The summed E-state index contributed by atoms with van der Waals surface area (Å²) in [6.45, 7) is 1.92. The first kappa shape index (κ1) is 20.3. The molecule has 3 aromatic carbocycles. The molecule has 0 aliphatic rings. The highest BCUT2D eigenvalue weighted by Gasteiger charge is 2.13. The molecule has 1 aromatic heterocycles. The number of nitrogens with zero attached hydrogens (tertiary/aromatic N) is 1. The lowest BCUT2D eigenvalue weighted by atomic mass is 10.1. The molecule has 1 amide bonds. The highest BCUT2D eigenvalue weighted by Crippen LogP contribution is 2.27. The highest BCUT2D eigenvalue weighted by atomic mass is 35.5. The van der Waals surface area contributed by atoms with Gasteiger partial charge in [0.2, 0.25) is 5.89 Å². The number of carbonyl (C=O) groups excluding carboxylic acids is 1. The van der Waals surface area contributed by atoms with Crippen LogP contribution in [0.15, 0.2) is 88.2 Å². The maximum Gasteiger partial charge on any atom is 0.255 e.